The van der Waals surface area contributed by atoms with Gasteiger partial charge in [0.1, 0.15) is 0 Å². The van der Waals surface area contributed by atoms with E-state index in [1.807, 2.05) is 0 Å². The third kappa shape index (κ3) is 0.703. The molecule has 64 valence electrons. The van der Waals surface area contributed by atoms with E-state index in [9.17, 15) is 0 Å². The molecule has 0 aromatic rings. The third-order valence-electron chi connectivity index (χ3n) is 4.46. The van der Waals surface area contributed by atoms with Crippen molar-refractivity contribution in [3.05, 3.63) is 0 Å². The smallest absolute Gasteiger partial charge is 0.0973 e. The molecule has 11 heavy (non-hydrogen) atoms. The molecule has 0 amide bonds. The Morgan fingerprint density at radius 3 is 1.91 bits per heavy atom. The van der Waals surface area contributed by atoms with E-state index in [0.29, 0.717) is 11.5 Å². The van der Waals surface area contributed by atoms with Crippen LogP contribution < -0.4 is 0 Å². The Kier molecular flexibility index (Phi) is 1.26. The van der Waals surface area contributed by atoms with Gasteiger partial charge in [0.25, 0.3) is 0 Å². The fourth-order valence-corrected chi connectivity index (χ4v) is 2.54. The molecule has 1 saturated heterocycles. The molecule has 1 heteroatoms. The van der Waals surface area contributed by atoms with Crippen molar-refractivity contribution in [2.24, 2.45) is 11.3 Å². The molecule has 0 N–H and O–H groups in total. The average molecular weight is 154 g/mol. The average Bonchev–Trinajstić information content (AvgIpc) is 2.56. The van der Waals surface area contributed by atoms with Crippen molar-refractivity contribution in [2.75, 3.05) is 0 Å². The topological polar surface area (TPSA) is 12.5 Å². The maximum atomic E-state index is 5.68. The second kappa shape index (κ2) is 1.82. The fraction of sp³-hybridized carbons (Fsp3) is 1.00. The summed E-state index contributed by atoms with van der Waals surface area (Å²) in [5, 5.41) is 0. The SMILES string of the molecule is CC1CCC1(C)C1(C)OC1C. The molecule has 2 rings (SSSR count). The molecule has 0 aromatic carbocycles. The molecule has 1 aliphatic heterocycles. The van der Waals surface area contributed by atoms with Crippen LogP contribution in [0.25, 0.3) is 0 Å². The molecule has 0 bridgehead atoms. The van der Waals surface area contributed by atoms with E-state index in [1.165, 1.54) is 12.8 Å². The van der Waals surface area contributed by atoms with Gasteiger partial charge in [-0.05, 0) is 32.6 Å². The highest BCUT2D eigenvalue weighted by Crippen LogP contribution is 2.62. The predicted octanol–water partition coefficient (Wildman–Crippen LogP) is 2.60. The number of hydrogen-bond donors (Lipinski definition) is 0. The first-order chi connectivity index (χ1) is 5.01. The van der Waals surface area contributed by atoms with Crippen LogP contribution in [-0.4, -0.2) is 11.7 Å². The molecule has 1 aliphatic carbocycles. The zero-order valence-corrected chi connectivity index (χ0v) is 7.98. The Balaban J connectivity index is 2.15. The van der Waals surface area contributed by atoms with Crippen LogP contribution in [0.3, 0.4) is 0 Å². The van der Waals surface area contributed by atoms with E-state index >= 15 is 0 Å². The van der Waals surface area contributed by atoms with Crippen LogP contribution >= 0.6 is 0 Å². The molecule has 4 unspecified atom stereocenters. The standard InChI is InChI=1S/C10H18O/c1-7-5-6-9(7,3)10(4)8(2)11-10/h7-8H,5-6H2,1-4H3. The summed E-state index contributed by atoms with van der Waals surface area (Å²) >= 11 is 0. The molecule has 2 aliphatic rings. The molecule has 1 saturated carbocycles. The highest BCUT2D eigenvalue weighted by Gasteiger charge is 2.65. The lowest BCUT2D eigenvalue weighted by Gasteiger charge is -2.49. The molecule has 0 aromatic heterocycles. The zero-order valence-electron chi connectivity index (χ0n) is 7.98. The molecule has 2 fully saturated rings. The van der Waals surface area contributed by atoms with Crippen LogP contribution in [0.4, 0.5) is 0 Å². The summed E-state index contributed by atoms with van der Waals surface area (Å²) in [5.74, 6) is 0.859. The van der Waals surface area contributed by atoms with E-state index in [2.05, 4.69) is 27.7 Å². The summed E-state index contributed by atoms with van der Waals surface area (Å²) in [7, 11) is 0. The van der Waals surface area contributed by atoms with E-state index in [1.54, 1.807) is 0 Å². The molecule has 1 nitrogen and oxygen atoms in total. The van der Waals surface area contributed by atoms with E-state index in [-0.39, 0.29) is 5.60 Å². The lowest BCUT2D eigenvalue weighted by molar-refractivity contribution is -0.0167. The van der Waals surface area contributed by atoms with E-state index < -0.39 is 0 Å². The molecular formula is C10H18O. The second-order valence-electron chi connectivity index (χ2n) is 4.72. The van der Waals surface area contributed by atoms with Gasteiger partial charge in [0.05, 0.1) is 11.7 Å². The van der Waals surface area contributed by atoms with Crippen LogP contribution in [0.15, 0.2) is 0 Å². The predicted molar refractivity (Wildman–Crippen MR) is 45.5 cm³/mol. The fourth-order valence-electron chi connectivity index (χ4n) is 2.54. The van der Waals surface area contributed by atoms with Crippen molar-refractivity contribution >= 4 is 0 Å². The minimum Gasteiger partial charge on any atom is -0.366 e. The summed E-state index contributed by atoms with van der Waals surface area (Å²) in [4.78, 5) is 0. The van der Waals surface area contributed by atoms with Gasteiger partial charge in [-0.25, -0.2) is 0 Å². The monoisotopic (exact) mass is 154 g/mol. The van der Waals surface area contributed by atoms with Gasteiger partial charge in [-0.15, -0.1) is 0 Å². The van der Waals surface area contributed by atoms with Gasteiger partial charge < -0.3 is 4.74 Å². The summed E-state index contributed by atoms with van der Waals surface area (Å²) in [6.45, 7) is 9.19. The number of epoxide rings is 1. The largest absolute Gasteiger partial charge is 0.366 e. The van der Waals surface area contributed by atoms with E-state index in [4.69, 9.17) is 4.74 Å². The van der Waals surface area contributed by atoms with Gasteiger partial charge in [-0.1, -0.05) is 13.8 Å². The highest BCUT2D eigenvalue weighted by atomic mass is 16.6. The minimum atomic E-state index is 0.213. The van der Waals surface area contributed by atoms with Crippen molar-refractivity contribution in [2.45, 2.75) is 52.2 Å². The maximum Gasteiger partial charge on any atom is 0.0973 e. The van der Waals surface area contributed by atoms with Crippen LogP contribution in [0.5, 0.6) is 0 Å². The molecule has 1 heterocycles. The lowest BCUT2D eigenvalue weighted by Crippen LogP contribution is -2.47. The van der Waals surface area contributed by atoms with E-state index in [0.717, 1.165) is 5.92 Å². The van der Waals surface area contributed by atoms with Crippen molar-refractivity contribution in [1.82, 2.24) is 0 Å². The summed E-state index contributed by atoms with van der Waals surface area (Å²) < 4.78 is 5.68. The summed E-state index contributed by atoms with van der Waals surface area (Å²) in [6, 6.07) is 0. The van der Waals surface area contributed by atoms with Crippen LogP contribution in [-0.2, 0) is 4.74 Å². The van der Waals surface area contributed by atoms with Gasteiger partial charge in [-0.3, -0.25) is 0 Å². The number of ether oxygens (including phenoxy) is 1. The quantitative estimate of drug-likeness (QED) is 0.529. The van der Waals surface area contributed by atoms with Gasteiger partial charge in [0.15, 0.2) is 0 Å². The first kappa shape index (κ1) is 7.60. The van der Waals surface area contributed by atoms with Crippen molar-refractivity contribution in [3.8, 4) is 0 Å². The Morgan fingerprint density at radius 2 is 1.82 bits per heavy atom. The van der Waals surface area contributed by atoms with Crippen LogP contribution in [0, 0.1) is 11.3 Å². The summed E-state index contributed by atoms with van der Waals surface area (Å²) in [6.07, 6.45) is 3.24. The Morgan fingerprint density at radius 1 is 1.27 bits per heavy atom. The second-order valence-corrected chi connectivity index (χ2v) is 4.72. The maximum absolute atomic E-state index is 5.68. The molecular weight excluding hydrogens is 136 g/mol. The van der Waals surface area contributed by atoms with Crippen molar-refractivity contribution < 1.29 is 4.74 Å². The lowest BCUT2D eigenvalue weighted by atomic mass is 9.55. The van der Waals surface area contributed by atoms with Crippen LogP contribution in [0.1, 0.15) is 40.5 Å². The zero-order chi connectivity index (χ0) is 8.28. The highest BCUT2D eigenvalue weighted by molar-refractivity contribution is 5.13. The molecule has 4 atom stereocenters. The number of rotatable bonds is 1. The van der Waals surface area contributed by atoms with Gasteiger partial charge in [-0.2, -0.15) is 0 Å². The van der Waals surface area contributed by atoms with Gasteiger partial charge in [0.2, 0.25) is 0 Å². The third-order valence-corrected chi connectivity index (χ3v) is 4.46. The van der Waals surface area contributed by atoms with Crippen molar-refractivity contribution in [3.63, 3.8) is 0 Å². The van der Waals surface area contributed by atoms with Crippen molar-refractivity contribution in [1.29, 1.82) is 0 Å². The first-order valence-corrected chi connectivity index (χ1v) is 4.68. The summed E-state index contributed by atoms with van der Waals surface area (Å²) in [5.41, 5.74) is 0.692. The molecule has 0 spiro atoms. The van der Waals surface area contributed by atoms with Crippen LogP contribution in [0.2, 0.25) is 0 Å². The normalized spacial score (nSPS) is 62.2. The minimum absolute atomic E-state index is 0.213. The van der Waals surface area contributed by atoms with Gasteiger partial charge >= 0.3 is 0 Å². The molecule has 0 radical (unpaired) electrons. The Bertz CT molecular complexity index is 189. The Hall–Kier alpha value is -0.0400. The van der Waals surface area contributed by atoms with Gasteiger partial charge in [0, 0.05) is 5.41 Å². The Labute approximate surface area is 69.1 Å². The number of hydrogen-bond acceptors (Lipinski definition) is 1. The first-order valence-electron chi connectivity index (χ1n) is 4.68.